The Morgan fingerprint density at radius 2 is 2.00 bits per heavy atom. The van der Waals surface area contributed by atoms with Crippen molar-refractivity contribution >= 4 is 43.5 Å². The van der Waals surface area contributed by atoms with E-state index in [2.05, 4.69) is 20.7 Å². The van der Waals surface area contributed by atoms with Gasteiger partial charge >= 0.3 is 5.97 Å². The fourth-order valence-corrected chi connectivity index (χ4v) is 4.12. The minimum atomic E-state index is -3.64. The maximum Gasteiger partial charge on any atom is 0.339 e. The monoisotopic (exact) mass is 443 g/mol. The summed E-state index contributed by atoms with van der Waals surface area (Å²) in [6.45, 7) is 0.0448. The molecule has 2 aromatic rings. The first-order valence-electron chi connectivity index (χ1n) is 7.58. The third kappa shape index (κ3) is 4.82. The van der Waals surface area contributed by atoms with Gasteiger partial charge in [-0.25, -0.2) is 17.9 Å². The van der Waals surface area contributed by atoms with Gasteiger partial charge in [-0.05, 0) is 64.7 Å². The van der Waals surface area contributed by atoms with E-state index < -0.39 is 16.0 Å². The van der Waals surface area contributed by atoms with Gasteiger partial charge in [-0.3, -0.25) is 0 Å². The minimum absolute atomic E-state index is 0.00752. The van der Waals surface area contributed by atoms with Crippen LogP contribution in [0.3, 0.4) is 0 Å². The molecule has 0 amide bonds. The Hall–Kier alpha value is -1.41. The number of rotatable bonds is 6. The number of carbonyl (C=O) groups excluding carboxylic acids is 1. The number of ether oxygens (including phenoxy) is 1. The molecule has 1 aliphatic carbocycles. The van der Waals surface area contributed by atoms with Crippen LogP contribution in [0.1, 0.15) is 28.8 Å². The van der Waals surface area contributed by atoms with E-state index in [1.54, 1.807) is 24.3 Å². The highest BCUT2D eigenvalue weighted by atomic mass is 79.9. The molecule has 0 saturated heterocycles. The average Bonchev–Trinajstić information content (AvgIpc) is 3.36. The van der Waals surface area contributed by atoms with E-state index in [4.69, 9.17) is 16.3 Å². The van der Waals surface area contributed by atoms with Gasteiger partial charge in [0.05, 0.1) is 10.5 Å². The average molecular weight is 445 g/mol. The first-order chi connectivity index (χ1) is 11.8. The Kier molecular flexibility index (Phi) is 5.48. The number of hydrogen-bond acceptors (Lipinski definition) is 4. The van der Waals surface area contributed by atoms with Crippen LogP contribution in [-0.4, -0.2) is 20.4 Å². The Morgan fingerprint density at radius 1 is 1.24 bits per heavy atom. The Labute approximate surface area is 159 Å². The molecule has 1 fully saturated rings. The van der Waals surface area contributed by atoms with Gasteiger partial charge < -0.3 is 4.74 Å². The van der Waals surface area contributed by atoms with E-state index in [1.807, 2.05) is 0 Å². The van der Waals surface area contributed by atoms with Gasteiger partial charge in [0.25, 0.3) is 0 Å². The lowest BCUT2D eigenvalue weighted by molar-refractivity contribution is 0.0471. The lowest BCUT2D eigenvalue weighted by Gasteiger charge is -2.10. The van der Waals surface area contributed by atoms with Gasteiger partial charge in [-0.2, -0.15) is 0 Å². The van der Waals surface area contributed by atoms with Crippen molar-refractivity contribution in [1.82, 2.24) is 4.72 Å². The van der Waals surface area contributed by atoms with Crippen LogP contribution in [0.25, 0.3) is 0 Å². The number of benzene rings is 2. The Bertz CT molecular complexity index is 913. The van der Waals surface area contributed by atoms with Crippen LogP contribution in [0.2, 0.25) is 5.02 Å². The molecule has 3 rings (SSSR count). The summed E-state index contributed by atoms with van der Waals surface area (Å²) in [5.41, 5.74) is 0.900. The molecular formula is C17H15BrClNO4S. The summed E-state index contributed by atoms with van der Waals surface area (Å²) in [6.07, 6.45) is 1.68. The summed E-state index contributed by atoms with van der Waals surface area (Å²) in [5.74, 6) is -0.615. The molecule has 5 nitrogen and oxygen atoms in total. The third-order valence-corrected chi connectivity index (χ3v) is 6.07. The molecule has 0 unspecified atom stereocenters. The van der Waals surface area contributed by atoms with Crippen LogP contribution in [0.5, 0.6) is 0 Å². The predicted octanol–water partition coefficient (Wildman–Crippen LogP) is 3.90. The highest BCUT2D eigenvalue weighted by Gasteiger charge is 2.28. The summed E-state index contributed by atoms with van der Waals surface area (Å²) in [4.78, 5) is 12.4. The molecule has 0 aromatic heterocycles. The van der Waals surface area contributed by atoms with Crippen molar-refractivity contribution in [3.05, 3.63) is 63.1 Å². The summed E-state index contributed by atoms with van der Waals surface area (Å²) >= 11 is 9.16. The van der Waals surface area contributed by atoms with Crippen LogP contribution in [0, 0.1) is 0 Å². The number of esters is 1. The SMILES string of the molecule is O=C(OCc1cccc(Cl)c1)c1cc(S(=O)(=O)NC2CC2)ccc1Br. The molecule has 0 radical (unpaired) electrons. The van der Waals surface area contributed by atoms with Crippen molar-refractivity contribution in [3.63, 3.8) is 0 Å². The minimum Gasteiger partial charge on any atom is -0.457 e. The van der Waals surface area contributed by atoms with Crippen molar-refractivity contribution in [2.24, 2.45) is 0 Å². The molecule has 132 valence electrons. The standard InChI is InChI=1S/C17H15BrClNO4S/c18-16-7-6-14(25(22,23)20-13-4-5-13)9-15(16)17(21)24-10-11-2-1-3-12(19)8-11/h1-3,6-9,13,20H,4-5,10H2. The second-order valence-electron chi connectivity index (χ2n) is 5.74. The van der Waals surface area contributed by atoms with E-state index in [1.165, 1.54) is 18.2 Å². The molecule has 8 heteroatoms. The maximum atomic E-state index is 12.3. The van der Waals surface area contributed by atoms with Crippen LogP contribution in [0.4, 0.5) is 0 Å². The second kappa shape index (κ2) is 7.45. The van der Waals surface area contributed by atoms with Gasteiger partial charge in [0, 0.05) is 15.5 Å². The fraction of sp³-hybridized carbons (Fsp3) is 0.235. The molecular weight excluding hydrogens is 430 g/mol. The summed E-state index contributed by atoms with van der Waals surface area (Å²) in [5, 5.41) is 0.550. The summed E-state index contributed by atoms with van der Waals surface area (Å²) < 4.78 is 32.9. The molecule has 0 spiro atoms. The van der Waals surface area contributed by atoms with E-state index in [-0.39, 0.29) is 23.1 Å². The molecule has 0 atom stereocenters. The number of nitrogens with one attached hydrogen (secondary N) is 1. The zero-order chi connectivity index (χ0) is 18.0. The van der Waals surface area contributed by atoms with Gasteiger partial charge in [-0.1, -0.05) is 23.7 Å². The van der Waals surface area contributed by atoms with Gasteiger partial charge in [-0.15, -0.1) is 0 Å². The molecule has 0 aliphatic heterocycles. The largest absolute Gasteiger partial charge is 0.457 e. The van der Waals surface area contributed by atoms with Crippen LogP contribution >= 0.6 is 27.5 Å². The molecule has 25 heavy (non-hydrogen) atoms. The van der Waals surface area contributed by atoms with Gasteiger partial charge in [0.15, 0.2) is 0 Å². The van der Waals surface area contributed by atoms with E-state index in [0.29, 0.717) is 9.50 Å². The number of halogens is 2. The maximum absolute atomic E-state index is 12.3. The fourth-order valence-electron chi connectivity index (χ4n) is 2.17. The summed E-state index contributed by atoms with van der Waals surface area (Å²) in [7, 11) is -3.64. The predicted molar refractivity (Wildman–Crippen MR) is 98.1 cm³/mol. The van der Waals surface area contributed by atoms with Crippen LogP contribution < -0.4 is 4.72 Å². The highest BCUT2D eigenvalue weighted by molar-refractivity contribution is 9.10. The first-order valence-corrected chi connectivity index (χ1v) is 10.2. The summed E-state index contributed by atoms with van der Waals surface area (Å²) in [6, 6.07) is 11.3. The lowest BCUT2D eigenvalue weighted by atomic mass is 10.2. The van der Waals surface area contributed by atoms with Crippen molar-refractivity contribution in [1.29, 1.82) is 0 Å². The number of hydrogen-bond donors (Lipinski definition) is 1. The van der Waals surface area contributed by atoms with Crippen molar-refractivity contribution in [2.75, 3.05) is 0 Å². The van der Waals surface area contributed by atoms with E-state index in [0.717, 1.165) is 18.4 Å². The first kappa shape index (κ1) is 18.4. The Balaban J connectivity index is 1.76. The van der Waals surface area contributed by atoms with Crippen molar-refractivity contribution in [3.8, 4) is 0 Å². The highest BCUT2D eigenvalue weighted by Crippen LogP contribution is 2.25. The third-order valence-electron chi connectivity index (χ3n) is 3.63. The normalized spacial score (nSPS) is 14.3. The second-order valence-corrected chi connectivity index (χ2v) is 8.75. The van der Waals surface area contributed by atoms with Crippen molar-refractivity contribution < 1.29 is 17.9 Å². The zero-order valence-corrected chi connectivity index (χ0v) is 16.2. The van der Waals surface area contributed by atoms with Crippen LogP contribution in [-0.2, 0) is 21.4 Å². The lowest BCUT2D eigenvalue weighted by Crippen LogP contribution is -2.26. The zero-order valence-electron chi connectivity index (χ0n) is 13.0. The Morgan fingerprint density at radius 3 is 2.68 bits per heavy atom. The number of carbonyl (C=O) groups is 1. The van der Waals surface area contributed by atoms with E-state index >= 15 is 0 Å². The number of sulfonamides is 1. The van der Waals surface area contributed by atoms with Crippen LogP contribution in [0.15, 0.2) is 51.8 Å². The smallest absolute Gasteiger partial charge is 0.339 e. The molecule has 1 N–H and O–H groups in total. The molecule has 0 bridgehead atoms. The van der Waals surface area contributed by atoms with Gasteiger partial charge in [0.1, 0.15) is 6.61 Å². The quantitative estimate of drug-likeness (QED) is 0.686. The van der Waals surface area contributed by atoms with Gasteiger partial charge in [0.2, 0.25) is 10.0 Å². The topological polar surface area (TPSA) is 72.5 Å². The molecule has 1 saturated carbocycles. The van der Waals surface area contributed by atoms with Crippen molar-refractivity contribution in [2.45, 2.75) is 30.4 Å². The van der Waals surface area contributed by atoms with E-state index in [9.17, 15) is 13.2 Å². The molecule has 0 heterocycles. The molecule has 2 aromatic carbocycles. The molecule has 1 aliphatic rings.